The molecule has 4 nitrogen and oxygen atoms in total. The fourth-order valence-corrected chi connectivity index (χ4v) is 2.27. The number of carbonyl (C=O) groups excluding carboxylic acids is 1. The standard InChI is InChI=1S/C14H20BrNO3/c1-4-8-16-13(14(17)19-5-2)10-6-7-12(18-3)11(15)9-10/h6-7,9,13,16H,4-5,8H2,1-3H3. The molecule has 0 bridgehead atoms. The van der Waals surface area contributed by atoms with Gasteiger partial charge in [-0.1, -0.05) is 13.0 Å². The minimum atomic E-state index is -0.442. The molecule has 0 spiro atoms. The van der Waals surface area contributed by atoms with Crippen molar-refractivity contribution in [3.05, 3.63) is 28.2 Å². The third-order valence-corrected chi connectivity index (χ3v) is 3.25. The Morgan fingerprint density at radius 1 is 1.42 bits per heavy atom. The van der Waals surface area contributed by atoms with Crippen LogP contribution in [-0.2, 0) is 9.53 Å². The lowest BCUT2D eigenvalue weighted by Crippen LogP contribution is -2.30. The maximum Gasteiger partial charge on any atom is 0.327 e. The normalized spacial score (nSPS) is 12.0. The molecule has 0 saturated carbocycles. The number of benzene rings is 1. The smallest absolute Gasteiger partial charge is 0.327 e. The second-order valence-corrected chi connectivity index (χ2v) is 4.89. The van der Waals surface area contributed by atoms with Crippen LogP contribution < -0.4 is 10.1 Å². The van der Waals surface area contributed by atoms with Gasteiger partial charge in [0, 0.05) is 0 Å². The van der Waals surface area contributed by atoms with E-state index in [-0.39, 0.29) is 5.97 Å². The summed E-state index contributed by atoms with van der Waals surface area (Å²) in [5.74, 6) is 0.481. The van der Waals surface area contributed by atoms with Crippen molar-refractivity contribution in [1.29, 1.82) is 0 Å². The minimum absolute atomic E-state index is 0.256. The molecule has 0 heterocycles. The van der Waals surface area contributed by atoms with Gasteiger partial charge in [-0.3, -0.25) is 0 Å². The fraction of sp³-hybridized carbons (Fsp3) is 0.500. The van der Waals surface area contributed by atoms with Gasteiger partial charge in [0.15, 0.2) is 0 Å². The van der Waals surface area contributed by atoms with Gasteiger partial charge < -0.3 is 14.8 Å². The summed E-state index contributed by atoms with van der Waals surface area (Å²) >= 11 is 3.43. The van der Waals surface area contributed by atoms with Crippen LogP contribution in [0.15, 0.2) is 22.7 Å². The highest BCUT2D eigenvalue weighted by Crippen LogP contribution is 2.28. The van der Waals surface area contributed by atoms with Crippen LogP contribution in [0.2, 0.25) is 0 Å². The van der Waals surface area contributed by atoms with Crippen LogP contribution in [-0.4, -0.2) is 26.2 Å². The quantitative estimate of drug-likeness (QED) is 0.781. The van der Waals surface area contributed by atoms with Crippen LogP contribution in [0.3, 0.4) is 0 Å². The largest absolute Gasteiger partial charge is 0.496 e. The molecule has 0 amide bonds. The van der Waals surface area contributed by atoms with Crippen LogP contribution in [0.4, 0.5) is 0 Å². The molecule has 1 aromatic carbocycles. The zero-order valence-electron chi connectivity index (χ0n) is 11.5. The second kappa shape index (κ2) is 8.17. The van der Waals surface area contributed by atoms with Crippen LogP contribution in [0.1, 0.15) is 31.9 Å². The van der Waals surface area contributed by atoms with Gasteiger partial charge in [-0.15, -0.1) is 0 Å². The molecule has 19 heavy (non-hydrogen) atoms. The van der Waals surface area contributed by atoms with Crippen molar-refractivity contribution in [2.24, 2.45) is 0 Å². The highest BCUT2D eigenvalue weighted by Gasteiger charge is 2.21. The van der Waals surface area contributed by atoms with E-state index in [2.05, 4.69) is 28.2 Å². The SMILES string of the molecule is CCCNC(C(=O)OCC)c1ccc(OC)c(Br)c1. The third kappa shape index (κ3) is 4.51. The number of esters is 1. The monoisotopic (exact) mass is 329 g/mol. The van der Waals surface area contributed by atoms with Crippen molar-refractivity contribution in [2.45, 2.75) is 26.3 Å². The number of carbonyl (C=O) groups is 1. The predicted octanol–water partition coefficient (Wildman–Crippen LogP) is 3.06. The average molecular weight is 330 g/mol. The Kier molecular flexibility index (Phi) is 6.87. The van der Waals surface area contributed by atoms with Crippen molar-refractivity contribution in [2.75, 3.05) is 20.3 Å². The molecule has 0 aliphatic carbocycles. The Hall–Kier alpha value is -1.07. The minimum Gasteiger partial charge on any atom is -0.496 e. The van der Waals surface area contributed by atoms with Gasteiger partial charge in [-0.2, -0.15) is 0 Å². The van der Waals surface area contributed by atoms with Gasteiger partial charge >= 0.3 is 5.97 Å². The maximum absolute atomic E-state index is 12.0. The third-order valence-electron chi connectivity index (χ3n) is 2.63. The maximum atomic E-state index is 12.0. The van der Waals surface area contributed by atoms with Gasteiger partial charge in [-0.25, -0.2) is 4.79 Å². The van der Waals surface area contributed by atoms with Crippen LogP contribution in [0.25, 0.3) is 0 Å². The Bertz CT molecular complexity index is 423. The van der Waals surface area contributed by atoms with E-state index in [0.29, 0.717) is 6.61 Å². The van der Waals surface area contributed by atoms with E-state index in [1.807, 2.05) is 18.2 Å². The fourth-order valence-electron chi connectivity index (χ4n) is 1.71. The van der Waals surface area contributed by atoms with Crippen LogP contribution in [0.5, 0.6) is 5.75 Å². The molecule has 1 aromatic rings. The van der Waals surface area contributed by atoms with Gasteiger partial charge in [0.2, 0.25) is 0 Å². The topological polar surface area (TPSA) is 47.6 Å². The summed E-state index contributed by atoms with van der Waals surface area (Å²) in [6.45, 7) is 4.99. The van der Waals surface area contributed by atoms with Crippen LogP contribution in [0, 0.1) is 0 Å². The Morgan fingerprint density at radius 3 is 2.68 bits per heavy atom. The molecular weight excluding hydrogens is 310 g/mol. The summed E-state index contributed by atoms with van der Waals surface area (Å²) in [6.07, 6.45) is 0.952. The molecule has 0 fully saturated rings. The second-order valence-electron chi connectivity index (χ2n) is 4.03. The summed E-state index contributed by atoms with van der Waals surface area (Å²) in [5, 5.41) is 3.20. The van der Waals surface area contributed by atoms with Crippen molar-refractivity contribution >= 4 is 21.9 Å². The summed E-state index contributed by atoms with van der Waals surface area (Å²) < 4.78 is 11.1. The number of ether oxygens (including phenoxy) is 2. The van der Waals surface area contributed by atoms with Crippen molar-refractivity contribution in [3.8, 4) is 5.75 Å². The van der Waals surface area contributed by atoms with E-state index >= 15 is 0 Å². The molecule has 1 rings (SSSR count). The van der Waals surface area contributed by atoms with Gasteiger partial charge in [0.25, 0.3) is 0 Å². The highest BCUT2D eigenvalue weighted by atomic mass is 79.9. The predicted molar refractivity (Wildman–Crippen MR) is 78.4 cm³/mol. The lowest BCUT2D eigenvalue weighted by Gasteiger charge is -2.18. The molecule has 0 radical (unpaired) electrons. The molecule has 106 valence electrons. The van der Waals surface area contributed by atoms with E-state index in [0.717, 1.165) is 28.8 Å². The number of methoxy groups -OCH3 is 1. The molecule has 1 atom stereocenters. The molecule has 1 N–H and O–H groups in total. The first-order valence-corrected chi connectivity index (χ1v) is 7.16. The Morgan fingerprint density at radius 2 is 2.16 bits per heavy atom. The number of rotatable bonds is 7. The number of hydrogen-bond donors (Lipinski definition) is 1. The summed E-state index contributed by atoms with van der Waals surface area (Å²) in [5.41, 5.74) is 0.861. The highest BCUT2D eigenvalue weighted by molar-refractivity contribution is 9.10. The molecular formula is C14H20BrNO3. The lowest BCUT2D eigenvalue weighted by atomic mass is 10.1. The molecule has 0 saturated heterocycles. The first kappa shape index (κ1) is 16.0. The van der Waals surface area contributed by atoms with Crippen molar-refractivity contribution in [1.82, 2.24) is 5.32 Å². The first-order chi connectivity index (χ1) is 9.13. The summed E-state index contributed by atoms with van der Waals surface area (Å²) in [4.78, 5) is 12.0. The number of nitrogens with one attached hydrogen (secondary N) is 1. The van der Waals surface area contributed by atoms with Gasteiger partial charge in [0.1, 0.15) is 11.8 Å². The average Bonchev–Trinajstić information content (AvgIpc) is 2.39. The lowest BCUT2D eigenvalue weighted by molar-refractivity contribution is -0.145. The van der Waals surface area contributed by atoms with Gasteiger partial charge in [0.05, 0.1) is 18.2 Å². The summed E-state index contributed by atoms with van der Waals surface area (Å²) in [6, 6.07) is 5.14. The Balaban J connectivity index is 2.96. The van der Waals surface area contributed by atoms with Crippen molar-refractivity contribution in [3.63, 3.8) is 0 Å². The van der Waals surface area contributed by atoms with E-state index in [4.69, 9.17) is 9.47 Å². The van der Waals surface area contributed by atoms with Crippen molar-refractivity contribution < 1.29 is 14.3 Å². The van der Waals surface area contributed by atoms with Crippen LogP contribution >= 0.6 is 15.9 Å². The van der Waals surface area contributed by atoms with E-state index in [1.165, 1.54) is 0 Å². The van der Waals surface area contributed by atoms with Gasteiger partial charge in [-0.05, 0) is 53.5 Å². The van der Waals surface area contributed by atoms with E-state index in [9.17, 15) is 4.79 Å². The summed E-state index contributed by atoms with van der Waals surface area (Å²) in [7, 11) is 1.61. The van der Waals surface area contributed by atoms with E-state index in [1.54, 1.807) is 14.0 Å². The zero-order chi connectivity index (χ0) is 14.3. The Labute approximate surface area is 122 Å². The molecule has 0 aliphatic rings. The molecule has 0 aromatic heterocycles. The molecule has 0 aliphatic heterocycles. The molecule has 1 unspecified atom stereocenters. The first-order valence-electron chi connectivity index (χ1n) is 6.37. The zero-order valence-corrected chi connectivity index (χ0v) is 13.1. The number of halogens is 1. The molecule has 5 heteroatoms. The number of hydrogen-bond acceptors (Lipinski definition) is 4. The van der Waals surface area contributed by atoms with E-state index < -0.39 is 6.04 Å².